The first-order valence-electron chi connectivity index (χ1n) is 21.6. The molecular formula is C57H29F6N3S2. The number of fused-ring (bicyclic) bond motifs is 14. The number of benzene rings is 9. The number of para-hydroxylation sites is 2. The quantitative estimate of drug-likeness (QED) is 0.162. The van der Waals surface area contributed by atoms with Gasteiger partial charge in [-0.05, 0) is 90.0 Å². The Morgan fingerprint density at radius 2 is 0.985 bits per heavy atom. The molecule has 0 aliphatic carbocycles. The van der Waals surface area contributed by atoms with Gasteiger partial charge in [0.1, 0.15) is 0 Å². The molecule has 0 radical (unpaired) electrons. The second kappa shape index (κ2) is 14.5. The van der Waals surface area contributed by atoms with E-state index in [1.165, 1.54) is 16.2 Å². The zero-order valence-corrected chi connectivity index (χ0v) is 36.8. The third kappa shape index (κ3) is 5.90. The van der Waals surface area contributed by atoms with Gasteiger partial charge in [0.25, 0.3) is 0 Å². The summed E-state index contributed by atoms with van der Waals surface area (Å²) in [5.41, 5.74) is 2.73. The van der Waals surface area contributed by atoms with Crippen LogP contribution in [0.15, 0.2) is 176 Å². The van der Waals surface area contributed by atoms with Crippen molar-refractivity contribution in [1.29, 1.82) is 5.26 Å². The summed E-state index contributed by atoms with van der Waals surface area (Å²) in [5, 5.41) is 19.5. The number of alkyl halides is 6. The molecule has 0 aliphatic heterocycles. The van der Waals surface area contributed by atoms with Crippen molar-refractivity contribution in [3.8, 4) is 39.7 Å². The van der Waals surface area contributed by atoms with Crippen molar-refractivity contribution in [3.63, 3.8) is 0 Å². The van der Waals surface area contributed by atoms with Crippen LogP contribution in [0.3, 0.4) is 0 Å². The fourth-order valence-electron chi connectivity index (χ4n) is 10.3. The highest BCUT2D eigenvalue weighted by atomic mass is 32.1. The average Bonchev–Trinajstić information content (AvgIpc) is 4.10. The summed E-state index contributed by atoms with van der Waals surface area (Å²) in [4.78, 5) is 0. The Morgan fingerprint density at radius 3 is 1.57 bits per heavy atom. The largest absolute Gasteiger partial charge is 0.417 e. The van der Waals surface area contributed by atoms with Gasteiger partial charge in [0.2, 0.25) is 0 Å². The van der Waals surface area contributed by atoms with E-state index in [0.29, 0.717) is 28.6 Å². The number of halogens is 6. The Bertz CT molecular complexity index is 4330. The van der Waals surface area contributed by atoms with Gasteiger partial charge in [-0.15, -0.1) is 22.7 Å². The Kier molecular flexibility index (Phi) is 8.63. The lowest BCUT2D eigenvalue weighted by Gasteiger charge is -2.20. The molecule has 0 saturated carbocycles. The van der Waals surface area contributed by atoms with Crippen molar-refractivity contribution >= 4 is 107 Å². The summed E-state index contributed by atoms with van der Waals surface area (Å²) >= 11 is 3.41. The number of nitrogens with zero attached hydrogens (tertiary/aromatic N) is 3. The Balaban J connectivity index is 1.12. The van der Waals surface area contributed by atoms with Crippen LogP contribution < -0.4 is 0 Å². The van der Waals surface area contributed by atoms with Crippen LogP contribution >= 0.6 is 22.7 Å². The van der Waals surface area contributed by atoms with Gasteiger partial charge in [-0.3, -0.25) is 0 Å². The summed E-state index contributed by atoms with van der Waals surface area (Å²) in [6.07, 6.45) is -10.1. The molecule has 3 nitrogen and oxygen atoms in total. The molecule has 0 bridgehead atoms. The van der Waals surface area contributed by atoms with Gasteiger partial charge >= 0.3 is 12.4 Å². The zero-order valence-electron chi connectivity index (χ0n) is 35.2. The predicted octanol–water partition coefficient (Wildman–Crippen LogP) is 17.9. The zero-order chi connectivity index (χ0) is 46.2. The first-order chi connectivity index (χ1) is 33.0. The van der Waals surface area contributed by atoms with Gasteiger partial charge in [-0.2, -0.15) is 31.6 Å². The van der Waals surface area contributed by atoms with Crippen molar-refractivity contribution in [2.45, 2.75) is 12.4 Å². The number of hydrogen-bond acceptors (Lipinski definition) is 3. The maximum Gasteiger partial charge on any atom is 0.417 e. The predicted molar refractivity (Wildman–Crippen MR) is 266 cm³/mol. The van der Waals surface area contributed by atoms with Gasteiger partial charge < -0.3 is 9.13 Å². The minimum Gasteiger partial charge on any atom is -0.309 e. The molecule has 0 aliphatic rings. The highest BCUT2D eigenvalue weighted by molar-refractivity contribution is 7.27. The Labute approximate surface area is 390 Å². The van der Waals surface area contributed by atoms with Crippen LogP contribution in [0.5, 0.6) is 0 Å². The topological polar surface area (TPSA) is 33.6 Å². The number of hydrogen-bond donors (Lipinski definition) is 0. The molecule has 13 rings (SSSR count). The monoisotopic (exact) mass is 933 g/mol. The third-order valence-electron chi connectivity index (χ3n) is 13.2. The summed E-state index contributed by atoms with van der Waals surface area (Å²) in [7, 11) is 0. The molecule has 4 heterocycles. The van der Waals surface area contributed by atoms with Crippen LogP contribution in [0.2, 0.25) is 0 Å². The van der Waals surface area contributed by atoms with Crippen molar-refractivity contribution in [3.05, 3.63) is 193 Å². The molecule has 0 atom stereocenters. The lowest BCUT2D eigenvalue weighted by molar-refractivity contribution is -0.142. The third-order valence-corrected chi connectivity index (χ3v) is 15.6. The normalized spacial score (nSPS) is 12.5. The Hall–Kier alpha value is -7.91. The molecule has 0 unspecified atom stereocenters. The van der Waals surface area contributed by atoms with Gasteiger partial charge in [0, 0.05) is 78.7 Å². The van der Waals surface area contributed by atoms with Gasteiger partial charge in [0.15, 0.2) is 0 Å². The number of thiophene rings is 2. The van der Waals surface area contributed by atoms with Crippen LogP contribution in [0, 0.1) is 11.3 Å². The van der Waals surface area contributed by atoms with E-state index >= 15 is 0 Å². The van der Waals surface area contributed by atoms with E-state index in [2.05, 4.69) is 81.9 Å². The van der Waals surface area contributed by atoms with Gasteiger partial charge in [-0.1, -0.05) is 97.1 Å². The molecule has 68 heavy (non-hydrogen) atoms. The number of rotatable bonds is 4. The second-order valence-corrected chi connectivity index (χ2v) is 19.0. The van der Waals surface area contributed by atoms with E-state index < -0.39 is 29.0 Å². The second-order valence-electron chi connectivity index (χ2n) is 16.9. The molecule has 4 aromatic heterocycles. The minimum atomic E-state index is -5.12. The smallest absolute Gasteiger partial charge is 0.309 e. The van der Waals surface area contributed by atoms with E-state index in [1.807, 2.05) is 66.7 Å². The summed E-state index contributed by atoms with van der Waals surface area (Å²) in [6, 6.07) is 55.5. The standard InChI is InChI=1S/C57H29F6N3S2/c58-56(59,60)33-19-21-35(44(28-33)57(61,62)63)31-18-24-47(66-46-14-6-2-12-41(46)53-49(66)26-23-39-37-10-4-8-16-51(37)68-55(39)53)43(27-31)42-29-34(20-17-32(42)30-64)65-45-13-5-1-11-40(45)52-48(65)25-22-38-36-9-3-7-15-50(36)67-54(38)52/h1-29H. The van der Waals surface area contributed by atoms with Crippen molar-refractivity contribution in [2.75, 3.05) is 0 Å². The van der Waals surface area contributed by atoms with Crippen LogP contribution in [0.1, 0.15) is 16.7 Å². The summed E-state index contributed by atoms with van der Waals surface area (Å²) in [5.74, 6) is 0. The molecule has 0 N–H and O–H groups in total. The number of aromatic nitrogens is 2. The summed E-state index contributed by atoms with van der Waals surface area (Å²) in [6.45, 7) is 0. The minimum absolute atomic E-state index is 0.0378. The summed E-state index contributed by atoms with van der Waals surface area (Å²) < 4.78 is 95.3. The molecule has 13 aromatic rings. The lowest BCUT2D eigenvalue weighted by atomic mass is 9.91. The van der Waals surface area contributed by atoms with E-state index in [4.69, 9.17) is 0 Å². The van der Waals surface area contributed by atoms with Gasteiger partial charge in [0.05, 0.1) is 50.5 Å². The van der Waals surface area contributed by atoms with E-state index in [9.17, 15) is 31.6 Å². The molecule has 9 aromatic carbocycles. The van der Waals surface area contributed by atoms with Crippen LogP contribution in [-0.2, 0) is 12.4 Å². The lowest BCUT2D eigenvalue weighted by Crippen LogP contribution is -2.12. The fourth-order valence-corrected chi connectivity index (χ4v) is 12.8. The highest BCUT2D eigenvalue weighted by Crippen LogP contribution is 2.48. The van der Waals surface area contributed by atoms with Gasteiger partial charge in [-0.25, -0.2) is 0 Å². The average molecular weight is 934 g/mol. The first kappa shape index (κ1) is 40.4. The van der Waals surface area contributed by atoms with E-state index in [1.54, 1.807) is 40.9 Å². The van der Waals surface area contributed by atoms with Crippen molar-refractivity contribution < 1.29 is 26.3 Å². The maximum atomic E-state index is 14.9. The van der Waals surface area contributed by atoms with Crippen LogP contribution in [0.25, 0.3) is 118 Å². The van der Waals surface area contributed by atoms with Crippen molar-refractivity contribution in [2.24, 2.45) is 0 Å². The molecule has 0 fully saturated rings. The molecule has 0 spiro atoms. The number of nitriles is 1. The highest BCUT2D eigenvalue weighted by Gasteiger charge is 2.38. The maximum absolute atomic E-state index is 14.9. The van der Waals surface area contributed by atoms with E-state index in [0.717, 1.165) is 79.9 Å². The molecule has 0 amide bonds. The van der Waals surface area contributed by atoms with E-state index in [-0.39, 0.29) is 17.2 Å². The molecule has 326 valence electrons. The Morgan fingerprint density at radius 1 is 0.426 bits per heavy atom. The fraction of sp³-hybridized carbons (Fsp3) is 0.0351. The first-order valence-corrected chi connectivity index (χ1v) is 23.2. The van der Waals surface area contributed by atoms with Crippen LogP contribution in [0.4, 0.5) is 26.3 Å². The molecule has 11 heteroatoms. The molecule has 0 saturated heterocycles. The SMILES string of the molecule is N#Cc1ccc(-n2c3ccccc3c3c4sc5ccccc5c4ccc32)cc1-c1cc(-c2ccc(C(F)(F)F)cc2C(F)(F)F)ccc1-n1c2ccccc2c2c3sc4ccccc4c3ccc21. The molecular weight excluding hydrogens is 905 g/mol. The van der Waals surface area contributed by atoms with Crippen LogP contribution in [-0.4, -0.2) is 9.13 Å². The van der Waals surface area contributed by atoms with Crippen molar-refractivity contribution in [1.82, 2.24) is 9.13 Å².